The van der Waals surface area contributed by atoms with Gasteiger partial charge in [-0.15, -0.1) is 11.6 Å². The zero-order chi connectivity index (χ0) is 12.4. The van der Waals surface area contributed by atoms with Crippen LogP contribution in [0.3, 0.4) is 0 Å². The smallest absolute Gasteiger partial charge is 0.259 e. The van der Waals surface area contributed by atoms with Crippen molar-refractivity contribution in [3.05, 3.63) is 34.2 Å². The van der Waals surface area contributed by atoms with Crippen molar-refractivity contribution in [3.63, 3.8) is 0 Å². The van der Waals surface area contributed by atoms with Gasteiger partial charge >= 0.3 is 0 Å². The van der Waals surface area contributed by atoms with Crippen molar-refractivity contribution in [2.75, 3.05) is 13.6 Å². The molecule has 5 heteroatoms. The van der Waals surface area contributed by atoms with Gasteiger partial charge in [0.25, 0.3) is 5.91 Å². The first kappa shape index (κ1) is 12.2. The SMILES string of the molecule is CN(CC1CC(Cl)C1)C(=O)c1c[nH]ccc1=O. The molecular weight excluding hydrogens is 240 g/mol. The third kappa shape index (κ3) is 2.69. The molecule has 0 atom stereocenters. The largest absolute Gasteiger partial charge is 0.367 e. The lowest BCUT2D eigenvalue weighted by molar-refractivity contribution is 0.0745. The van der Waals surface area contributed by atoms with Gasteiger partial charge in [0, 0.05) is 37.4 Å². The molecule has 1 aliphatic rings. The third-order valence-electron chi connectivity index (χ3n) is 3.11. The number of H-pyrrole nitrogens is 1. The number of nitrogens with zero attached hydrogens (tertiary/aromatic N) is 1. The highest BCUT2D eigenvalue weighted by molar-refractivity contribution is 6.21. The lowest BCUT2D eigenvalue weighted by atomic mass is 9.84. The van der Waals surface area contributed by atoms with Gasteiger partial charge in [0.1, 0.15) is 5.56 Å². The number of pyridine rings is 1. The summed E-state index contributed by atoms with van der Waals surface area (Å²) in [5.74, 6) is 0.235. The number of aromatic nitrogens is 1. The van der Waals surface area contributed by atoms with E-state index in [1.54, 1.807) is 11.9 Å². The molecule has 0 bridgehead atoms. The van der Waals surface area contributed by atoms with Crippen LogP contribution in [0.2, 0.25) is 0 Å². The Hall–Kier alpha value is -1.29. The van der Waals surface area contributed by atoms with Gasteiger partial charge in [-0.25, -0.2) is 0 Å². The lowest BCUT2D eigenvalue weighted by Gasteiger charge is -2.34. The van der Waals surface area contributed by atoms with Crippen LogP contribution in [0.1, 0.15) is 23.2 Å². The Morgan fingerprint density at radius 3 is 2.88 bits per heavy atom. The standard InChI is InChI=1S/C12H15ClN2O2/c1-15(7-8-4-9(13)5-8)12(17)10-6-14-3-2-11(10)16/h2-3,6,8-9H,4-5,7H2,1H3,(H,14,16). The molecule has 1 heterocycles. The molecule has 1 aromatic heterocycles. The maximum Gasteiger partial charge on any atom is 0.259 e. The summed E-state index contributed by atoms with van der Waals surface area (Å²) in [7, 11) is 1.72. The Bertz CT molecular complexity index is 466. The van der Waals surface area contributed by atoms with Crippen molar-refractivity contribution >= 4 is 17.5 Å². The first-order chi connectivity index (χ1) is 8.08. The van der Waals surface area contributed by atoms with Crippen LogP contribution in [-0.2, 0) is 0 Å². The summed E-state index contributed by atoms with van der Waals surface area (Å²) < 4.78 is 0. The normalized spacial score (nSPS) is 22.9. The van der Waals surface area contributed by atoms with Crippen LogP contribution in [0.4, 0.5) is 0 Å². The Morgan fingerprint density at radius 2 is 2.29 bits per heavy atom. The van der Waals surface area contributed by atoms with E-state index in [0.717, 1.165) is 12.8 Å². The van der Waals surface area contributed by atoms with Crippen LogP contribution in [0, 0.1) is 5.92 Å². The van der Waals surface area contributed by atoms with E-state index < -0.39 is 0 Å². The van der Waals surface area contributed by atoms with E-state index in [1.165, 1.54) is 18.5 Å². The summed E-state index contributed by atoms with van der Waals surface area (Å²) in [5.41, 5.74) is -0.0545. The number of carbonyl (C=O) groups excluding carboxylic acids is 1. The van der Waals surface area contributed by atoms with Crippen LogP contribution >= 0.6 is 11.6 Å². The number of amides is 1. The second kappa shape index (κ2) is 4.92. The molecule has 1 aromatic rings. The van der Waals surface area contributed by atoms with Gasteiger partial charge < -0.3 is 9.88 Å². The van der Waals surface area contributed by atoms with Gasteiger partial charge in [0.05, 0.1) is 0 Å². The Balaban J connectivity index is 2.00. The molecule has 1 fully saturated rings. The first-order valence-corrected chi connectivity index (χ1v) is 6.08. The van der Waals surface area contributed by atoms with Gasteiger partial charge in [0.2, 0.25) is 0 Å². The molecule has 0 spiro atoms. The minimum absolute atomic E-state index is 0.191. The fraction of sp³-hybridized carbons (Fsp3) is 0.500. The fourth-order valence-electron chi connectivity index (χ4n) is 2.06. The molecule has 1 amide bonds. The Kier molecular flexibility index (Phi) is 3.52. The molecule has 0 saturated heterocycles. The lowest BCUT2D eigenvalue weighted by Crippen LogP contribution is -2.39. The van der Waals surface area contributed by atoms with E-state index in [0.29, 0.717) is 12.5 Å². The number of hydrogen-bond acceptors (Lipinski definition) is 2. The molecule has 0 aromatic carbocycles. The van der Waals surface area contributed by atoms with Crippen molar-refractivity contribution in [3.8, 4) is 0 Å². The quantitative estimate of drug-likeness (QED) is 0.831. The van der Waals surface area contributed by atoms with E-state index in [1.807, 2.05) is 0 Å². The minimum Gasteiger partial charge on any atom is -0.367 e. The molecule has 0 unspecified atom stereocenters. The van der Waals surface area contributed by atoms with Crippen molar-refractivity contribution in [1.29, 1.82) is 0 Å². The number of rotatable bonds is 3. The van der Waals surface area contributed by atoms with E-state index in [2.05, 4.69) is 4.98 Å². The van der Waals surface area contributed by atoms with Crippen LogP contribution < -0.4 is 5.43 Å². The van der Waals surface area contributed by atoms with E-state index >= 15 is 0 Å². The molecule has 1 aliphatic carbocycles. The van der Waals surface area contributed by atoms with Crippen LogP contribution in [0.25, 0.3) is 0 Å². The summed E-state index contributed by atoms with van der Waals surface area (Å²) in [4.78, 5) is 27.8. The maximum atomic E-state index is 12.0. The predicted molar refractivity (Wildman–Crippen MR) is 66.4 cm³/mol. The summed E-state index contributed by atoms with van der Waals surface area (Å²) in [6.07, 6.45) is 4.87. The highest BCUT2D eigenvalue weighted by atomic mass is 35.5. The van der Waals surface area contributed by atoms with Gasteiger partial charge in [0.15, 0.2) is 5.43 Å². The third-order valence-corrected chi connectivity index (χ3v) is 3.47. The van der Waals surface area contributed by atoms with Crippen molar-refractivity contribution in [2.45, 2.75) is 18.2 Å². The highest BCUT2D eigenvalue weighted by Gasteiger charge is 2.29. The number of hydrogen-bond donors (Lipinski definition) is 1. The molecule has 92 valence electrons. The second-order valence-corrected chi connectivity index (χ2v) is 5.16. The topological polar surface area (TPSA) is 53.2 Å². The second-order valence-electron chi connectivity index (χ2n) is 4.54. The monoisotopic (exact) mass is 254 g/mol. The summed E-state index contributed by atoms with van der Waals surface area (Å²) >= 11 is 5.89. The highest BCUT2D eigenvalue weighted by Crippen LogP contribution is 2.32. The molecule has 17 heavy (non-hydrogen) atoms. The van der Waals surface area contributed by atoms with Crippen molar-refractivity contribution in [2.24, 2.45) is 5.92 Å². The molecular formula is C12H15ClN2O2. The van der Waals surface area contributed by atoms with Gasteiger partial charge in [-0.05, 0) is 18.8 Å². The number of halogens is 1. The molecule has 1 N–H and O–H groups in total. The van der Waals surface area contributed by atoms with E-state index in [4.69, 9.17) is 11.6 Å². The van der Waals surface area contributed by atoms with E-state index in [9.17, 15) is 9.59 Å². The average Bonchev–Trinajstić information content (AvgIpc) is 2.26. The minimum atomic E-state index is -0.246. The summed E-state index contributed by atoms with van der Waals surface area (Å²) in [5, 5.41) is 0.253. The fourth-order valence-corrected chi connectivity index (χ4v) is 2.57. The Labute approximate surface area is 105 Å². The summed E-state index contributed by atoms with van der Waals surface area (Å²) in [6.45, 7) is 0.663. The number of aromatic amines is 1. The van der Waals surface area contributed by atoms with Crippen molar-refractivity contribution in [1.82, 2.24) is 9.88 Å². The van der Waals surface area contributed by atoms with Gasteiger partial charge in [-0.3, -0.25) is 9.59 Å². The maximum absolute atomic E-state index is 12.0. The molecule has 1 saturated carbocycles. The zero-order valence-electron chi connectivity index (χ0n) is 9.65. The first-order valence-electron chi connectivity index (χ1n) is 5.64. The van der Waals surface area contributed by atoms with Crippen molar-refractivity contribution < 1.29 is 4.79 Å². The van der Waals surface area contributed by atoms with Crippen LogP contribution in [0.5, 0.6) is 0 Å². The molecule has 2 rings (SSSR count). The van der Waals surface area contributed by atoms with Gasteiger partial charge in [-0.1, -0.05) is 0 Å². The molecule has 0 radical (unpaired) electrons. The molecule has 0 aliphatic heterocycles. The van der Waals surface area contributed by atoms with E-state index in [-0.39, 0.29) is 22.3 Å². The molecule has 4 nitrogen and oxygen atoms in total. The van der Waals surface area contributed by atoms with Crippen LogP contribution in [-0.4, -0.2) is 34.8 Å². The average molecular weight is 255 g/mol. The Morgan fingerprint density at radius 1 is 1.59 bits per heavy atom. The predicted octanol–water partition coefficient (Wildman–Crippen LogP) is 1.46. The van der Waals surface area contributed by atoms with Gasteiger partial charge in [-0.2, -0.15) is 0 Å². The summed E-state index contributed by atoms with van der Waals surface area (Å²) in [6, 6.07) is 1.36. The number of alkyl halides is 1. The van der Waals surface area contributed by atoms with Crippen LogP contribution in [0.15, 0.2) is 23.3 Å². The zero-order valence-corrected chi connectivity index (χ0v) is 10.4. The number of nitrogens with one attached hydrogen (secondary N) is 1. The number of carbonyl (C=O) groups is 1.